The fourth-order valence-corrected chi connectivity index (χ4v) is 5.42. The largest absolute Gasteiger partial charge is 0.338 e. The Morgan fingerprint density at radius 3 is 1.71 bits per heavy atom. The van der Waals surface area contributed by atoms with Gasteiger partial charge < -0.3 is 21.3 Å². The molecule has 9 heteroatoms. The van der Waals surface area contributed by atoms with Gasteiger partial charge in [-0.1, -0.05) is 40.0 Å². The number of nitrogens with one attached hydrogen (secondary N) is 4. The molecule has 0 saturated heterocycles. The summed E-state index contributed by atoms with van der Waals surface area (Å²) < 4.78 is 2.19. The number of hydrogen-bond donors (Lipinski definition) is 4. The van der Waals surface area contributed by atoms with Gasteiger partial charge in [-0.15, -0.1) is 22.7 Å². The summed E-state index contributed by atoms with van der Waals surface area (Å²) in [6, 6.07) is -0.433. The molecule has 3 rings (SSSR count). The predicted molar refractivity (Wildman–Crippen MR) is 133 cm³/mol. The summed E-state index contributed by atoms with van der Waals surface area (Å²) in [6.45, 7) is 7.63. The number of fused-ring (bicyclic) bond motifs is 2. The van der Waals surface area contributed by atoms with Gasteiger partial charge in [0.25, 0.3) is 0 Å². The SMILES string of the molecule is CCCCNC(=O)Nc1csc2c(CCC)c3scc(NC(=O)NCCCC)c3nc12. The van der Waals surface area contributed by atoms with Crippen molar-refractivity contribution < 1.29 is 9.59 Å². The molecule has 3 heterocycles. The quantitative estimate of drug-likeness (QED) is 0.267. The van der Waals surface area contributed by atoms with E-state index in [1.165, 1.54) is 5.56 Å². The standard InChI is InChI=1S/C22H31N5O2S2/c1-4-7-10-23-21(28)25-15-12-30-19-14(9-6-3)20-18(27-17(15)19)16(13-31-20)26-22(29)24-11-8-5-2/h12-13H,4-11H2,1-3H3,(H2,23,25,28)(H2,24,26,29). The summed E-state index contributed by atoms with van der Waals surface area (Å²) in [4.78, 5) is 29.4. The van der Waals surface area contributed by atoms with E-state index in [0.29, 0.717) is 24.5 Å². The van der Waals surface area contributed by atoms with Crippen LogP contribution in [0.1, 0.15) is 58.4 Å². The van der Waals surface area contributed by atoms with Gasteiger partial charge >= 0.3 is 12.1 Å². The van der Waals surface area contributed by atoms with Crippen molar-refractivity contribution in [2.75, 3.05) is 23.7 Å². The van der Waals surface area contributed by atoms with Crippen LogP contribution in [0.2, 0.25) is 0 Å². The smallest absolute Gasteiger partial charge is 0.319 e. The van der Waals surface area contributed by atoms with Crippen LogP contribution in [0.3, 0.4) is 0 Å². The van der Waals surface area contributed by atoms with Crippen molar-refractivity contribution in [3.8, 4) is 0 Å². The van der Waals surface area contributed by atoms with E-state index in [9.17, 15) is 9.59 Å². The molecule has 4 N–H and O–H groups in total. The van der Waals surface area contributed by atoms with Crippen molar-refractivity contribution in [3.05, 3.63) is 16.3 Å². The first-order chi connectivity index (χ1) is 15.1. The molecule has 0 aliphatic heterocycles. The molecular weight excluding hydrogens is 430 g/mol. The minimum atomic E-state index is -0.217. The fraction of sp³-hybridized carbons (Fsp3) is 0.500. The lowest BCUT2D eigenvalue weighted by Gasteiger charge is -2.09. The Kier molecular flexibility index (Phi) is 8.48. The van der Waals surface area contributed by atoms with Gasteiger partial charge in [-0.3, -0.25) is 0 Å². The van der Waals surface area contributed by atoms with Crippen LogP contribution in [0, 0.1) is 0 Å². The monoisotopic (exact) mass is 461 g/mol. The third kappa shape index (κ3) is 5.65. The number of hydrogen-bond acceptors (Lipinski definition) is 5. The van der Waals surface area contributed by atoms with E-state index >= 15 is 0 Å². The van der Waals surface area contributed by atoms with Gasteiger partial charge in [-0.25, -0.2) is 14.6 Å². The summed E-state index contributed by atoms with van der Waals surface area (Å²) in [6.07, 6.45) is 5.87. The first-order valence-corrected chi connectivity index (χ1v) is 12.8. The van der Waals surface area contributed by atoms with Crippen molar-refractivity contribution in [1.82, 2.24) is 15.6 Å². The second kappa shape index (κ2) is 11.3. The second-order valence-corrected chi connectivity index (χ2v) is 9.22. The Balaban J connectivity index is 1.92. The average Bonchev–Trinajstić information content (AvgIpc) is 3.33. The van der Waals surface area contributed by atoms with Crippen molar-refractivity contribution >= 4 is 66.5 Å². The van der Waals surface area contributed by atoms with Crippen LogP contribution in [-0.2, 0) is 6.42 Å². The minimum Gasteiger partial charge on any atom is -0.338 e. The van der Waals surface area contributed by atoms with E-state index in [4.69, 9.17) is 4.98 Å². The molecule has 0 fully saturated rings. The number of aromatic nitrogens is 1. The number of rotatable bonds is 10. The molecule has 7 nitrogen and oxygen atoms in total. The molecule has 0 bridgehead atoms. The number of amides is 4. The van der Waals surface area contributed by atoms with Crippen LogP contribution >= 0.6 is 22.7 Å². The average molecular weight is 462 g/mol. The highest BCUT2D eigenvalue weighted by Crippen LogP contribution is 2.40. The Morgan fingerprint density at radius 1 is 0.806 bits per heavy atom. The summed E-state index contributed by atoms with van der Waals surface area (Å²) in [5, 5.41) is 15.6. The van der Waals surface area contributed by atoms with Crippen molar-refractivity contribution in [2.45, 2.75) is 59.3 Å². The molecule has 3 aromatic heterocycles. The molecule has 168 valence electrons. The number of unbranched alkanes of at least 4 members (excludes halogenated alkanes) is 2. The Labute approximate surface area is 191 Å². The topological polar surface area (TPSA) is 95.2 Å². The Bertz CT molecular complexity index is 967. The van der Waals surface area contributed by atoms with Crippen LogP contribution in [0.25, 0.3) is 20.4 Å². The molecule has 0 unspecified atom stereocenters. The van der Waals surface area contributed by atoms with Crippen LogP contribution in [0.5, 0.6) is 0 Å². The number of pyridine rings is 1. The van der Waals surface area contributed by atoms with Gasteiger partial charge in [0.2, 0.25) is 0 Å². The second-order valence-electron chi connectivity index (χ2n) is 7.46. The van der Waals surface area contributed by atoms with Crippen LogP contribution in [-0.4, -0.2) is 30.1 Å². The molecule has 0 aliphatic rings. The fourth-order valence-electron chi connectivity index (χ4n) is 3.31. The molecule has 0 atom stereocenters. The maximum atomic E-state index is 12.3. The van der Waals surface area contributed by atoms with Gasteiger partial charge in [0.15, 0.2) is 0 Å². The molecule has 0 spiro atoms. The maximum absolute atomic E-state index is 12.3. The zero-order valence-electron chi connectivity index (χ0n) is 18.4. The predicted octanol–water partition coefficient (Wildman–Crippen LogP) is 6.31. The first-order valence-electron chi connectivity index (χ1n) is 11.0. The van der Waals surface area contributed by atoms with Gasteiger partial charge in [-0.05, 0) is 24.8 Å². The van der Waals surface area contributed by atoms with Gasteiger partial charge in [0.1, 0.15) is 11.0 Å². The van der Waals surface area contributed by atoms with Crippen LogP contribution in [0.15, 0.2) is 10.8 Å². The number of carbonyl (C=O) groups excluding carboxylic acids is 2. The summed E-state index contributed by atoms with van der Waals surface area (Å²) in [5.74, 6) is 0. The third-order valence-electron chi connectivity index (χ3n) is 4.93. The van der Waals surface area contributed by atoms with Crippen molar-refractivity contribution in [2.24, 2.45) is 0 Å². The normalized spacial score (nSPS) is 11.1. The van der Waals surface area contributed by atoms with E-state index in [1.807, 2.05) is 10.8 Å². The minimum absolute atomic E-state index is 0.217. The number of urea groups is 2. The number of carbonyl (C=O) groups is 2. The van der Waals surface area contributed by atoms with Crippen LogP contribution < -0.4 is 21.3 Å². The molecule has 0 radical (unpaired) electrons. The molecule has 3 aromatic rings. The lowest BCUT2D eigenvalue weighted by molar-refractivity contribution is 0.251. The van der Waals surface area contributed by atoms with Gasteiger partial charge in [0.05, 0.1) is 20.8 Å². The lowest BCUT2D eigenvalue weighted by Crippen LogP contribution is -2.29. The molecular formula is C22H31N5O2S2. The highest BCUT2D eigenvalue weighted by atomic mass is 32.1. The van der Waals surface area contributed by atoms with Gasteiger partial charge in [0, 0.05) is 23.8 Å². The lowest BCUT2D eigenvalue weighted by atomic mass is 10.1. The molecule has 0 aromatic carbocycles. The van der Waals surface area contributed by atoms with Crippen molar-refractivity contribution in [1.29, 1.82) is 0 Å². The molecule has 31 heavy (non-hydrogen) atoms. The highest BCUT2D eigenvalue weighted by Gasteiger charge is 2.19. The van der Waals surface area contributed by atoms with E-state index in [0.717, 1.165) is 59.0 Å². The Hall–Kier alpha value is -2.39. The van der Waals surface area contributed by atoms with E-state index < -0.39 is 0 Å². The number of aryl methyl sites for hydroxylation is 1. The summed E-state index contributed by atoms with van der Waals surface area (Å²) in [5.41, 5.74) is 4.20. The number of nitrogens with zero attached hydrogens (tertiary/aromatic N) is 1. The first kappa shape index (κ1) is 23.3. The summed E-state index contributed by atoms with van der Waals surface area (Å²) in [7, 11) is 0. The van der Waals surface area contributed by atoms with E-state index in [1.54, 1.807) is 22.7 Å². The molecule has 4 amide bonds. The zero-order valence-corrected chi connectivity index (χ0v) is 20.0. The Morgan fingerprint density at radius 2 is 1.29 bits per heavy atom. The van der Waals surface area contributed by atoms with Gasteiger partial charge in [-0.2, -0.15) is 0 Å². The maximum Gasteiger partial charge on any atom is 0.319 e. The zero-order chi connectivity index (χ0) is 22.2. The molecule has 0 saturated carbocycles. The van der Waals surface area contributed by atoms with Crippen molar-refractivity contribution in [3.63, 3.8) is 0 Å². The third-order valence-corrected chi connectivity index (χ3v) is 6.99. The summed E-state index contributed by atoms with van der Waals surface area (Å²) >= 11 is 3.21. The van der Waals surface area contributed by atoms with E-state index in [2.05, 4.69) is 42.0 Å². The van der Waals surface area contributed by atoms with E-state index in [-0.39, 0.29) is 12.1 Å². The van der Waals surface area contributed by atoms with Crippen LogP contribution in [0.4, 0.5) is 21.0 Å². The molecule has 0 aliphatic carbocycles. The highest BCUT2D eigenvalue weighted by molar-refractivity contribution is 7.20. The number of anilines is 2. The number of thiophene rings is 2.